The number of carbonyl (C=O) groups is 2. The van der Waals surface area contributed by atoms with E-state index in [9.17, 15) is 9.59 Å². The van der Waals surface area contributed by atoms with Crippen molar-refractivity contribution in [3.05, 3.63) is 35.9 Å². The van der Waals surface area contributed by atoms with Crippen LogP contribution in [0.2, 0.25) is 0 Å². The van der Waals surface area contributed by atoms with Gasteiger partial charge in [0.2, 0.25) is 5.91 Å². The molecule has 0 aliphatic rings. The van der Waals surface area contributed by atoms with Crippen molar-refractivity contribution in [3.63, 3.8) is 0 Å². The lowest BCUT2D eigenvalue weighted by Gasteiger charge is -2.19. The van der Waals surface area contributed by atoms with Crippen LogP contribution < -0.4 is 5.32 Å². The molecule has 2 N–H and O–H groups in total. The molecule has 0 fully saturated rings. The van der Waals surface area contributed by atoms with E-state index in [1.54, 1.807) is 0 Å². The molecule has 0 aliphatic heterocycles. The van der Waals surface area contributed by atoms with Crippen LogP contribution in [0, 0.1) is 5.92 Å². The minimum Gasteiger partial charge on any atom is -0.481 e. The third kappa shape index (κ3) is 6.04. The topological polar surface area (TPSA) is 66.4 Å². The van der Waals surface area contributed by atoms with Crippen LogP contribution in [0.1, 0.15) is 44.7 Å². The molecule has 1 atom stereocenters. The van der Waals surface area contributed by atoms with Gasteiger partial charge in [-0.15, -0.1) is 0 Å². The number of carbonyl (C=O) groups excluding carboxylic acids is 1. The Hall–Kier alpha value is -1.84. The Bertz CT molecular complexity index is 415. The van der Waals surface area contributed by atoms with Gasteiger partial charge in [0.1, 0.15) is 0 Å². The molecule has 0 heterocycles. The summed E-state index contributed by atoms with van der Waals surface area (Å²) in [5, 5.41) is 11.7. The smallest absolute Gasteiger partial charge is 0.303 e. The van der Waals surface area contributed by atoms with E-state index in [2.05, 4.69) is 5.32 Å². The number of hydrogen-bond donors (Lipinski definition) is 2. The van der Waals surface area contributed by atoms with Crippen molar-refractivity contribution in [2.45, 2.75) is 39.2 Å². The van der Waals surface area contributed by atoms with Gasteiger partial charge < -0.3 is 10.4 Å². The van der Waals surface area contributed by atoms with Crippen LogP contribution >= 0.6 is 0 Å². The fourth-order valence-electron chi connectivity index (χ4n) is 1.90. The molecular formula is C15H21NO3. The van der Waals surface area contributed by atoms with Gasteiger partial charge in [-0.3, -0.25) is 9.59 Å². The highest BCUT2D eigenvalue weighted by Crippen LogP contribution is 2.18. The summed E-state index contributed by atoms with van der Waals surface area (Å²) in [6.07, 6.45) is 0.904. The van der Waals surface area contributed by atoms with Crippen molar-refractivity contribution < 1.29 is 14.7 Å². The van der Waals surface area contributed by atoms with Crippen molar-refractivity contribution >= 4 is 11.9 Å². The number of hydrogen-bond acceptors (Lipinski definition) is 2. The van der Waals surface area contributed by atoms with Crippen LogP contribution in [-0.4, -0.2) is 17.0 Å². The lowest BCUT2D eigenvalue weighted by atomic mass is 10.0. The maximum absolute atomic E-state index is 11.8. The number of carboxylic acid groups (broad SMARTS) is 1. The van der Waals surface area contributed by atoms with Crippen LogP contribution in [0.3, 0.4) is 0 Å². The first-order valence-corrected chi connectivity index (χ1v) is 6.55. The molecule has 0 aromatic heterocycles. The zero-order valence-corrected chi connectivity index (χ0v) is 11.4. The largest absolute Gasteiger partial charge is 0.481 e. The van der Waals surface area contributed by atoms with Gasteiger partial charge in [0, 0.05) is 12.8 Å². The Morgan fingerprint density at radius 1 is 1.21 bits per heavy atom. The first-order valence-electron chi connectivity index (χ1n) is 6.55. The molecule has 4 nitrogen and oxygen atoms in total. The average molecular weight is 263 g/mol. The maximum atomic E-state index is 11.8. The van der Waals surface area contributed by atoms with Crippen molar-refractivity contribution in [1.29, 1.82) is 0 Å². The molecule has 0 spiro atoms. The maximum Gasteiger partial charge on any atom is 0.303 e. The lowest BCUT2D eigenvalue weighted by molar-refractivity contribution is -0.137. The summed E-state index contributed by atoms with van der Waals surface area (Å²) in [5.74, 6) is -0.593. The molecule has 0 radical (unpaired) electrons. The predicted molar refractivity (Wildman–Crippen MR) is 73.7 cm³/mol. The second-order valence-corrected chi connectivity index (χ2v) is 5.06. The minimum atomic E-state index is -0.848. The van der Waals surface area contributed by atoms with E-state index < -0.39 is 5.97 Å². The predicted octanol–water partition coefficient (Wildman–Crippen LogP) is 2.75. The summed E-state index contributed by atoms with van der Waals surface area (Å²) >= 11 is 0. The molecule has 1 unspecified atom stereocenters. The van der Waals surface area contributed by atoms with E-state index in [1.165, 1.54) is 0 Å². The summed E-state index contributed by atoms with van der Waals surface area (Å²) in [6, 6.07) is 9.25. The SMILES string of the molecule is CC(C)CC(=O)NC(CCC(=O)O)c1ccccc1. The Labute approximate surface area is 113 Å². The van der Waals surface area contributed by atoms with Crippen LogP contribution in [0.25, 0.3) is 0 Å². The third-order valence-corrected chi connectivity index (χ3v) is 2.78. The quantitative estimate of drug-likeness (QED) is 0.795. The van der Waals surface area contributed by atoms with E-state index in [1.807, 2.05) is 44.2 Å². The van der Waals surface area contributed by atoms with Gasteiger partial charge in [-0.1, -0.05) is 44.2 Å². The third-order valence-electron chi connectivity index (χ3n) is 2.78. The van der Waals surface area contributed by atoms with E-state index in [0.29, 0.717) is 12.8 Å². The molecule has 4 heteroatoms. The monoisotopic (exact) mass is 263 g/mol. The number of carboxylic acids is 1. The van der Waals surface area contributed by atoms with Crippen LogP contribution in [0.15, 0.2) is 30.3 Å². The molecule has 1 aromatic rings. The van der Waals surface area contributed by atoms with Crippen LogP contribution in [0.5, 0.6) is 0 Å². The zero-order valence-electron chi connectivity index (χ0n) is 11.4. The molecule has 0 saturated heterocycles. The highest BCUT2D eigenvalue weighted by molar-refractivity contribution is 5.76. The van der Waals surface area contributed by atoms with Crippen LogP contribution in [-0.2, 0) is 9.59 Å². The normalized spacial score (nSPS) is 12.2. The zero-order chi connectivity index (χ0) is 14.3. The van der Waals surface area contributed by atoms with Crippen molar-refractivity contribution in [1.82, 2.24) is 5.32 Å². The Morgan fingerprint density at radius 3 is 2.37 bits per heavy atom. The Morgan fingerprint density at radius 2 is 1.84 bits per heavy atom. The van der Waals surface area contributed by atoms with Gasteiger partial charge >= 0.3 is 5.97 Å². The minimum absolute atomic E-state index is 0.0331. The molecule has 0 saturated carbocycles. The van der Waals surface area contributed by atoms with Gasteiger partial charge in [0.15, 0.2) is 0 Å². The molecule has 0 aliphatic carbocycles. The molecule has 104 valence electrons. The summed E-state index contributed by atoms with van der Waals surface area (Å²) < 4.78 is 0. The molecule has 1 rings (SSSR count). The van der Waals surface area contributed by atoms with Crippen molar-refractivity contribution in [3.8, 4) is 0 Å². The number of nitrogens with one attached hydrogen (secondary N) is 1. The molecular weight excluding hydrogens is 242 g/mol. The summed E-state index contributed by atoms with van der Waals surface area (Å²) in [5.41, 5.74) is 0.945. The summed E-state index contributed by atoms with van der Waals surface area (Å²) in [4.78, 5) is 22.5. The number of amides is 1. The first-order chi connectivity index (χ1) is 8.99. The number of aliphatic carboxylic acids is 1. The highest BCUT2D eigenvalue weighted by Gasteiger charge is 2.16. The molecule has 19 heavy (non-hydrogen) atoms. The fourth-order valence-corrected chi connectivity index (χ4v) is 1.90. The average Bonchev–Trinajstić information content (AvgIpc) is 2.34. The number of benzene rings is 1. The van der Waals surface area contributed by atoms with E-state index in [-0.39, 0.29) is 24.3 Å². The standard InChI is InChI=1S/C15H21NO3/c1-11(2)10-14(17)16-13(8-9-15(18)19)12-6-4-3-5-7-12/h3-7,11,13H,8-10H2,1-2H3,(H,16,17)(H,18,19). The van der Waals surface area contributed by atoms with Gasteiger partial charge in [0.25, 0.3) is 0 Å². The van der Waals surface area contributed by atoms with E-state index in [4.69, 9.17) is 5.11 Å². The summed E-state index contributed by atoms with van der Waals surface area (Å²) in [6.45, 7) is 3.96. The summed E-state index contributed by atoms with van der Waals surface area (Å²) in [7, 11) is 0. The first kappa shape index (κ1) is 15.2. The van der Waals surface area contributed by atoms with Crippen molar-refractivity contribution in [2.75, 3.05) is 0 Å². The van der Waals surface area contributed by atoms with E-state index >= 15 is 0 Å². The van der Waals surface area contributed by atoms with Crippen LogP contribution in [0.4, 0.5) is 0 Å². The van der Waals surface area contributed by atoms with Gasteiger partial charge in [-0.25, -0.2) is 0 Å². The fraction of sp³-hybridized carbons (Fsp3) is 0.467. The lowest BCUT2D eigenvalue weighted by Crippen LogP contribution is -2.29. The Balaban J connectivity index is 2.69. The van der Waals surface area contributed by atoms with Gasteiger partial charge in [0.05, 0.1) is 6.04 Å². The second kappa shape index (κ2) is 7.56. The molecule has 0 bridgehead atoms. The number of rotatable bonds is 7. The highest BCUT2D eigenvalue weighted by atomic mass is 16.4. The van der Waals surface area contributed by atoms with E-state index in [0.717, 1.165) is 5.56 Å². The van der Waals surface area contributed by atoms with Crippen molar-refractivity contribution in [2.24, 2.45) is 5.92 Å². The van der Waals surface area contributed by atoms with Gasteiger partial charge in [-0.2, -0.15) is 0 Å². The second-order valence-electron chi connectivity index (χ2n) is 5.06. The molecule has 1 aromatic carbocycles. The van der Waals surface area contributed by atoms with Gasteiger partial charge in [-0.05, 0) is 17.9 Å². The Kier molecular flexibility index (Phi) is 6.06. The molecule has 1 amide bonds.